The fourth-order valence-electron chi connectivity index (χ4n) is 2.66. The minimum Gasteiger partial charge on any atom is -0.362 e. The zero-order valence-corrected chi connectivity index (χ0v) is 10.9. The van der Waals surface area contributed by atoms with Crippen LogP contribution < -0.4 is 10.6 Å². The van der Waals surface area contributed by atoms with Crippen molar-refractivity contribution >= 4 is 11.6 Å². The lowest BCUT2D eigenvalue weighted by molar-refractivity contribution is -0.128. The maximum absolute atomic E-state index is 12.9. The molecule has 1 saturated heterocycles. The van der Waals surface area contributed by atoms with E-state index in [1.807, 2.05) is 24.9 Å². The van der Waals surface area contributed by atoms with Crippen LogP contribution in [0.1, 0.15) is 19.4 Å². The molecule has 2 aliphatic rings. The van der Waals surface area contributed by atoms with Gasteiger partial charge in [0.1, 0.15) is 12.0 Å². The summed E-state index contributed by atoms with van der Waals surface area (Å²) in [4.78, 5) is 13.6. The lowest BCUT2D eigenvalue weighted by Crippen LogP contribution is -2.67. The summed E-state index contributed by atoms with van der Waals surface area (Å²) >= 11 is 0. The highest BCUT2D eigenvalue weighted by Crippen LogP contribution is 2.28. The van der Waals surface area contributed by atoms with E-state index < -0.39 is 0 Å². The van der Waals surface area contributed by atoms with Gasteiger partial charge in [-0.3, -0.25) is 4.79 Å². The molecule has 4 nitrogen and oxygen atoms in total. The number of carbonyl (C=O) groups is 1. The Hall–Kier alpha value is -2.04. The Bertz CT molecular complexity index is 550. The van der Waals surface area contributed by atoms with E-state index >= 15 is 0 Å². The number of nitrogens with zero attached hydrogens (tertiary/aromatic N) is 1. The van der Waals surface area contributed by atoms with Gasteiger partial charge in [-0.2, -0.15) is 0 Å². The van der Waals surface area contributed by atoms with E-state index in [4.69, 9.17) is 0 Å². The molecule has 5 heteroatoms. The first-order valence-corrected chi connectivity index (χ1v) is 6.27. The molecule has 1 aromatic carbocycles. The summed E-state index contributed by atoms with van der Waals surface area (Å²) in [6, 6.07) is 6.33. The summed E-state index contributed by atoms with van der Waals surface area (Å²) in [6.45, 7) is 4.30. The van der Waals surface area contributed by atoms with Crippen molar-refractivity contribution in [1.82, 2.24) is 15.5 Å². The number of halogens is 1. The predicted octanol–water partition coefficient (Wildman–Crippen LogP) is 1.26. The summed E-state index contributed by atoms with van der Waals surface area (Å²) in [5.74, 6) is -0.239. The third-order valence-corrected chi connectivity index (χ3v) is 3.55. The fraction of sp³-hybridized carbons (Fsp3) is 0.357. The van der Waals surface area contributed by atoms with E-state index in [9.17, 15) is 9.18 Å². The van der Waals surface area contributed by atoms with Crippen LogP contribution in [0.2, 0.25) is 0 Å². The van der Waals surface area contributed by atoms with Gasteiger partial charge < -0.3 is 15.5 Å². The molecule has 0 radical (unpaired) electrons. The first-order valence-electron chi connectivity index (χ1n) is 6.27. The molecule has 0 spiro atoms. The Morgan fingerprint density at radius 1 is 1.32 bits per heavy atom. The summed E-state index contributed by atoms with van der Waals surface area (Å²) < 4.78 is 12.9. The Morgan fingerprint density at radius 2 is 2.00 bits per heavy atom. The Kier molecular flexibility index (Phi) is 2.52. The lowest BCUT2D eigenvalue weighted by atomic mass is 9.97. The minimum absolute atomic E-state index is 0.0136. The molecular weight excluding hydrogens is 245 g/mol. The molecule has 2 N–H and O–H groups in total. The topological polar surface area (TPSA) is 44.4 Å². The van der Waals surface area contributed by atoms with Crippen LogP contribution in [-0.4, -0.2) is 29.1 Å². The normalized spacial score (nSPS) is 24.4. The van der Waals surface area contributed by atoms with Gasteiger partial charge in [-0.15, -0.1) is 0 Å². The number of rotatable bonds is 1. The first kappa shape index (κ1) is 12.0. The third-order valence-electron chi connectivity index (χ3n) is 3.55. The average Bonchev–Trinajstić information content (AvgIpc) is 2.73. The highest BCUT2D eigenvalue weighted by molar-refractivity contribution is 5.81. The molecule has 3 rings (SSSR count). The monoisotopic (exact) mass is 261 g/mol. The molecule has 1 atom stereocenters. The minimum atomic E-state index is -0.354. The van der Waals surface area contributed by atoms with Gasteiger partial charge >= 0.3 is 0 Å². The summed E-state index contributed by atoms with van der Waals surface area (Å²) in [6.07, 6.45) is 1.95. The van der Waals surface area contributed by atoms with Crippen molar-refractivity contribution in [2.45, 2.75) is 25.6 Å². The second-order valence-electron chi connectivity index (χ2n) is 5.54. The second-order valence-corrected chi connectivity index (χ2v) is 5.54. The van der Waals surface area contributed by atoms with Crippen molar-refractivity contribution in [3.05, 3.63) is 41.8 Å². The van der Waals surface area contributed by atoms with Gasteiger partial charge in [-0.05, 0) is 43.7 Å². The molecular formula is C14H16FN3O. The molecule has 0 aliphatic carbocycles. The van der Waals surface area contributed by atoms with Gasteiger partial charge in [-0.1, -0.05) is 0 Å². The van der Waals surface area contributed by atoms with E-state index in [0.29, 0.717) is 6.54 Å². The maximum atomic E-state index is 12.9. The molecule has 1 unspecified atom stereocenters. The average molecular weight is 261 g/mol. The number of fused-ring (bicyclic) bond motifs is 1. The molecule has 0 saturated carbocycles. The van der Waals surface area contributed by atoms with E-state index in [0.717, 1.165) is 11.3 Å². The third kappa shape index (κ3) is 2.05. The molecule has 19 heavy (non-hydrogen) atoms. The molecule has 0 aromatic heterocycles. The van der Waals surface area contributed by atoms with Crippen LogP contribution in [0.3, 0.4) is 0 Å². The highest BCUT2D eigenvalue weighted by atomic mass is 19.1. The Morgan fingerprint density at radius 3 is 2.68 bits per heavy atom. The molecule has 2 heterocycles. The van der Waals surface area contributed by atoms with Crippen LogP contribution in [0.5, 0.6) is 0 Å². The van der Waals surface area contributed by atoms with E-state index in [1.54, 1.807) is 12.1 Å². The SMILES string of the molecule is CC1(C)NC(=O)CN2C=C(c3ccc(F)cc3)NC21. The van der Waals surface area contributed by atoms with Crippen LogP contribution >= 0.6 is 0 Å². The van der Waals surface area contributed by atoms with Crippen LogP contribution in [0.25, 0.3) is 5.70 Å². The van der Waals surface area contributed by atoms with Gasteiger partial charge in [0.05, 0.1) is 17.8 Å². The smallest absolute Gasteiger partial charge is 0.240 e. The zero-order chi connectivity index (χ0) is 13.6. The van der Waals surface area contributed by atoms with Crippen molar-refractivity contribution in [3.8, 4) is 0 Å². The fourth-order valence-corrected chi connectivity index (χ4v) is 2.66. The van der Waals surface area contributed by atoms with Crippen molar-refractivity contribution < 1.29 is 9.18 Å². The molecule has 100 valence electrons. The standard InChI is InChI=1S/C14H16FN3O/c1-14(2)13-16-11(7-18(13)8-12(19)17-14)9-3-5-10(15)6-4-9/h3-7,13,16H,8H2,1-2H3,(H,17,19). The quantitative estimate of drug-likeness (QED) is 0.800. The van der Waals surface area contributed by atoms with Gasteiger partial charge in [0.2, 0.25) is 5.91 Å². The number of piperazine rings is 1. The number of nitrogens with one attached hydrogen (secondary N) is 2. The van der Waals surface area contributed by atoms with Gasteiger partial charge in [-0.25, -0.2) is 4.39 Å². The predicted molar refractivity (Wildman–Crippen MR) is 70.2 cm³/mol. The van der Waals surface area contributed by atoms with Crippen molar-refractivity contribution in [3.63, 3.8) is 0 Å². The van der Waals surface area contributed by atoms with Crippen molar-refractivity contribution in [1.29, 1.82) is 0 Å². The number of benzene rings is 1. The van der Waals surface area contributed by atoms with Crippen LogP contribution in [-0.2, 0) is 4.79 Å². The largest absolute Gasteiger partial charge is 0.362 e. The molecule has 1 fully saturated rings. The van der Waals surface area contributed by atoms with Gasteiger partial charge in [0.25, 0.3) is 0 Å². The first-order chi connectivity index (χ1) is 8.95. The van der Waals surface area contributed by atoms with Gasteiger partial charge in [0, 0.05) is 6.20 Å². The van der Waals surface area contributed by atoms with E-state index in [-0.39, 0.29) is 23.4 Å². The Labute approximate surface area is 111 Å². The van der Waals surface area contributed by atoms with Crippen LogP contribution in [0.4, 0.5) is 4.39 Å². The van der Waals surface area contributed by atoms with Crippen molar-refractivity contribution in [2.24, 2.45) is 0 Å². The van der Waals surface area contributed by atoms with Gasteiger partial charge in [0.15, 0.2) is 0 Å². The lowest BCUT2D eigenvalue weighted by Gasteiger charge is -2.43. The van der Waals surface area contributed by atoms with E-state index in [2.05, 4.69) is 10.6 Å². The molecule has 1 aromatic rings. The van der Waals surface area contributed by atoms with E-state index in [1.165, 1.54) is 12.1 Å². The Balaban J connectivity index is 1.89. The summed E-state index contributed by atoms with van der Waals surface area (Å²) in [7, 11) is 0. The number of hydrogen-bond acceptors (Lipinski definition) is 3. The number of amides is 1. The van der Waals surface area contributed by atoms with Crippen molar-refractivity contribution in [2.75, 3.05) is 6.54 Å². The zero-order valence-electron chi connectivity index (χ0n) is 10.9. The molecule has 2 aliphatic heterocycles. The number of hydrogen-bond donors (Lipinski definition) is 2. The van der Waals surface area contributed by atoms with Crippen LogP contribution in [0, 0.1) is 5.82 Å². The number of carbonyl (C=O) groups excluding carboxylic acids is 1. The van der Waals surface area contributed by atoms with Crippen LogP contribution in [0.15, 0.2) is 30.5 Å². The summed E-state index contributed by atoms with van der Waals surface area (Å²) in [5.41, 5.74) is 1.47. The molecule has 0 bridgehead atoms. The second kappa shape index (κ2) is 3.98. The molecule has 1 amide bonds. The maximum Gasteiger partial charge on any atom is 0.240 e. The highest BCUT2D eigenvalue weighted by Gasteiger charge is 2.42. The summed E-state index contributed by atoms with van der Waals surface area (Å²) in [5, 5.41) is 6.36.